The minimum Gasteiger partial charge on any atom is -0.481 e. The Hall–Kier alpha value is -4.00. The molecule has 0 spiro atoms. The minimum absolute atomic E-state index is 0. The first-order valence-corrected chi connectivity index (χ1v) is 9.72. The maximum Gasteiger partial charge on any atom is 0.326 e. The predicted octanol–water partition coefficient (Wildman–Crippen LogP) is 0.140. The summed E-state index contributed by atoms with van der Waals surface area (Å²) in [7, 11) is 0. The van der Waals surface area contributed by atoms with Crippen LogP contribution in [0.25, 0.3) is 0 Å². The quantitative estimate of drug-likeness (QED) is 0.241. The fourth-order valence-corrected chi connectivity index (χ4v) is 3.10. The van der Waals surface area contributed by atoms with Crippen molar-refractivity contribution in [1.29, 1.82) is 0 Å². The van der Waals surface area contributed by atoms with Gasteiger partial charge in [0.1, 0.15) is 11.7 Å². The van der Waals surface area contributed by atoms with E-state index in [-0.39, 0.29) is 48.4 Å². The molecule has 0 fully saturated rings. The monoisotopic (exact) mass is 481 g/mol. The third-order valence-electron chi connectivity index (χ3n) is 4.75. The van der Waals surface area contributed by atoms with E-state index in [4.69, 9.17) is 15.9 Å². The van der Waals surface area contributed by atoms with Crippen molar-refractivity contribution < 1.29 is 24.6 Å². The lowest BCUT2D eigenvalue weighted by Crippen LogP contribution is -2.41. The van der Waals surface area contributed by atoms with Gasteiger partial charge in [-0.3, -0.25) is 19.4 Å². The van der Waals surface area contributed by atoms with Gasteiger partial charge in [-0.25, -0.2) is 4.79 Å². The number of rotatable bonds is 9. The van der Waals surface area contributed by atoms with Gasteiger partial charge in [-0.15, -0.1) is 12.4 Å². The van der Waals surface area contributed by atoms with Crippen LogP contribution in [0.2, 0.25) is 0 Å². The van der Waals surface area contributed by atoms with Crippen molar-refractivity contribution in [3.8, 4) is 0 Å². The number of hydrogen-bond donors (Lipinski definition) is 8. The number of aromatic amines is 1. The number of nitrogens with two attached hydrogens (primary N) is 1. The summed E-state index contributed by atoms with van der Waals surface area (Å²) in [6, 6.07) is 4.93. The molecule has 1 aromatic heterocycles. The Morgan fingerprint density at radius 1 is 1.21 bits per heavy atom. The van der Waals surface area contributed by atoms with Gasteiger partial charge in [0.15, 0.2) is 5.82 Å². The number of nitrogens with one attached hydrogen (secondary N) is 5. The van der Waals surface area contributed by atoms with E-state index in [2.05, 4.69) is 31.2 Å². The molecule has 2 atom stereocenters. The number of anilines is 4. The molecule has 1 unspecified atom stereocenters. The summed E-state index contributed by atoms with van der Waals surface area (Å²) < 4.78 is 0. The molecule has 0 bridgehead atoms. The Labute approximate surface area is 193 Å². The maximum absolute atomic E-state index is 12.3. The Bertz CT molecular complexity index is 1080. The molecular formula is C19H24ClN7O6. The highest BCUT2D eigenvalue weighted by Crippen LogP contribution is 2.20. The molecule has 0 saturated carbocycles. The number of benzene rings is 1. The van der Waals surface area contributed by atoms with Crippen LogP contribution in [0.5, 0.6) is 0 Å². The molecule has 178 valence electrons. The number of carboxylic acid groups (broad SMARTS) is 2. The topological polar surface area (TPSA) is 212 Å². The second-order valence-electron chi connectivity index (χ2n) is 7.15. The number of halogens is 1. The van der Waals surface area contributed by atoms with Crippen LogP contribution in [-0.4, -0.2) is 63.2 Å². The molecule has 0 radical (unpaired) electrons. The van der Waals surface area contributed by atoms with Crippen LogP contribution >= 0.6 is 12.4 Å². The molecular weight excluding hydrogens is 458 g/mol. The number of aliphatic carboxylic acids is 2. The van der Waals surface area contributed by atoms with E-state index >= 15 is 0 Å². The summed E-state index contributed by atoms with van der Waals surface area (Å²) in [6.07, 6.45) is -0.587. The average Bonchev–Trinajstić information content (AvgIpc) is 2.75. The van der Waals surface area contributed by atoms with E-state index in [9.17, 15) is 19.2 Å². The van der Waals surface area contributed by atoms with Crippen LogP contribution in [0.3, 0.4) is 0 Å². The number of carbonyl (C=O) groups is 3. The number of nitrogen functional groups attached to an aromatic ring is 1. The summed E-state index contributed by atoms with van der Waals surface area (Å²) in [5, 5.41) is 29.5. The number of carboxylic acids is 2. The van der Waals surface area contributed by atoms with E-state index in [1.165, 1.54) is 12.1 Å². The average molecular weight is 482 g/mol. The number of hydrogen-bond acceptors (Lipinski definition) is 9. The van der Waals surface area contributed by atoms with Gasteiger partial charge >= 0.3 is 11.9 Å². The number of aromatic nitrogens is 2. The number of fused-ring (bicyclic) bond motifs is 1. The van der Waals surface area contributed by atoms with Gasteiger partial charge in [-0.2, -0.15) is 4.98 Å². The van der Waals surface area contributed by atoms with Crippen LogP contribution in [0.4, 0.5) is 23.1 Å². The fraction of sp³-hybridized carbons (Fsp3) is 0.316. The second-order valence-corrected chi connectivity index (χ2v) is 7.15. The molecule has 2 heterocycles. The van der Waals surface area contributed by atoms with Crippen molar-refractivity contribution in [2.45, 2.75) is 24.9 Å². The number of carbonyl (C=O) groups excluding carboxylic acids is 1. The van der Waals surface area contributed by atoms with Crippen LogP contribution < -0.4 is 32.6 Å². The largest absolute Gasteiger partial charge is 0.481 e. The van der Waals surface area contributed by atoms with Gasteiger partial charge in [0.2, 0.25) is 5.95 Å². The van der Waals surface area contributed by atoms with Gasteiger partial charge in [0, 0.05) is 30.8 Å². The zero-order valence-electron chi connectivity index (χ0n) is 17.3. The Kier molecular flexibility index (Phi) is 8.45. The third kappa shape index (κ3) is 6.74. The summed E-state index contributed by atoms with van der Waals surface area (Å²) in [5.74, 6) is -2.64. The van der Waals surface area contributed by atoms with E-state index in [1.54, 1.807) is 12.1 Å². The van der Waals surface area contributed by atoms with Crippen molar-refractivity contribution in [3.05, 3.63) is 40.2 Å². The van der Waals surface area contributed by atoms with Gasteiger partial charge in [0.25, 0.3) is 11.5 Å². The van der Waals surface area contributed by atoms with E-state index in [0.29, 0.717) is 30.3 Å². The molecule has 13 nitrogen and oxygen atoms in total. The van der Waals surface area contributed by atoms with Crippen molar-refractivity contribution in [2.75, 3.05) is 34.8 Å². The smallest absolute Gasteiger partial charge is 0.326 e. The van der Waals surface area contributed by atoms with Crippen LogP contribution in [-0.2, 0) is 9.59 Å². The van der Waals surface area contributed by atoms with E-state index in [0.717, 1.165) is 0 Å². The summed E-state index contributed by atoms with van der Waals surface area (Å²) >= 11 is 0. The van der Waals surface area contributed by atoms with E-state index in [1.807, 2.05) is 0 Å². The van der Waals surface area contributed by atoms with E-state index < -0.39 is 23.9 Å². The highest BCUT2D eigenvalue weighted by molar-refractivity contribution is 5.97. The Balaban J connectivity index is 0.00000385. The molecule has 1 aromatic carbocycles. The van der Waals surface area contributed by atoms with Crippen LogP contribution in [0, 0.1) is 0 Å². The molecule has 14 heteroatoms. The molecule has 2 aromatic rings. The highest BCUT2D eigenvalue weighted by Gasteiger charge is 2.23. The number of amides is 1. The normalized spacial score (nSPS) is 15.0. The zero-order chi connectivity index (χ0) is 23.3. The summed E-state index contributed by atoms with van der Waals surface area (Å²) in [6.45, 7) is 0.960. The zero-order valence-corrected chi connectivity index (χ0v) is 18.1. The molecule has 33 heavy (non-hydrogen) atoms. The van der Waals surface area contributed by atoms with Crippen molar-refractivity contribution >= 4 is 53.4 Å². The molecule has 0 aliphatic carbocycles. The molecule has 1 aliphatic heterocycles. The standard InChI is InChI=1S/C19H23N7O6.ClH/c20-19-25-15-14(17(30)26-19)23-11(8-22-15)7-21-10-3-1-9(2-4-10)16(29)24-12(18(31)32)5-6-13(27)28;/h1-4,11-12,21,23H,5-8H2,(H,24,29)(H,27,28)(H,31,32)(H4,20,22,25,26,30);1H/t11?,12-;/m0./s1. The number of H-pyrrole nitrogens is 1. The Morgan fingerprint density at radius 3 is 2.55 bits per heavy atom. The first-order chi connectivity index (χ1) is 15.2. The lowest BCUT2D eigenvalue weighted by Gasteiger charge is -2.27. The number of nitrogens with zero attached hydrogens (tertiary/aromatic N) is 1. The van der Waals surface area contributed by atoms with Crippen molar-refractivity contribution in [1.82, 2.24) is 15.3 Å². The first kappa shape index (κ1) is 25.3. The van der Waals surface area contributed by atoms with Crippen LogP contribution in [0.15, 0.2) is 29.1 Å². The maximum atomic E-state index is 12.3. The van der Waals surface area contributed by atoms with Gasteiger partial charge in [-0.1, -0.05) is 0 Å². The predicted molar refractivity (Wildman–Crippen MR) is 123 cm³/mol. The van der Waals surface area contributed by atoms with Gasteiger partial charge < -0.3 is 37.2 Å². The second kappa shape index (κ2) is 11.0. The lowest BCUT2D eigenvalue weighted by atomic mass is 10.1. The fourth-order valence-electron chi connectivity index (χ4n) is 3.10. The Morgan fingerprint density at radius 2 is 1.91 bits per heavy atom. The van der Waals surface area contributed by atoms with Crippen LogP contribution in [0.1, 0.15) is 23.2 Å². The molecule has 0 saturated heterocycles. The van der Waals surface area contributed by atoms with Gasteiger partial charge in [-0.05, 0) is 30.7 Å². The van der Waals surface area contributed by atoms with Gasteiger partial charge in [0.05, 0.1) is 6.04 Å². The SMILES string of the molecule is Cl.Nc1nc2c(c(=O)[nH]1)NC(CNc1ccc(C(=O)N[C@@H](CCC(=O)O)C(=O)O)cc1)CN2. The highest BCUT2D eigenvalue weighted by atomic mass is 35.5. The third-order valence-corrected chi connectivity index (χ3v) is 4.75. The van der Waals surface area contributed by atoms with Crippen molar-refractivity contribution in [3.63, 3.8) is 0 Å². The van der Waals surface area contributed by atoms with Crippen molar-refractivity contribution in [2.24, 2.45) is 0 Å². The summed E-state index contributed by atoms with van der Waals surface area (Å²) in [5.41, 5.74) is 6.40. The molecule has 3 rings (SSSR count). The lowest BCUT2D eigenvalue weighted by molar-refractivity contribution is -0.140. The molecule has 1 aliphatic rings. The first-order valence-electron chi connectivity index (χ1n) is 9.72. The minimum atomic E-state index is -1.30. The summed E-state index contributed by atoms with van der Waals surface area (Å²) in [4.78, 5) is 52.6. The molecule has 1 amide bonds. The molecule has 9 N–H and O–H groups in total.